The number of amides is 2. The molecule has 1 aliphatic heterocycles. The van der Waals surface area contributed by atoms with Gasteiger partial charge >= 0.3 is 6.03 Å². The Labute approximate surface area is 155 Å². The van der Waals surface area contributed by atoms with Gasteiger partial charge in [-0.1, -0.05) is 31.9 Å². The zero-order valence-electron chi connectivity index (χ0n) is 15.7. The molecule has 1 aromatic rings. The molecule has 0 saturated carbocycles. The third-order valence-corrected chi connectivity index (χ3v) is 5.22. The number of carbonyl (C=O) groups is 1. The molecular formula is C19H28N4OS. The number of nitrogens with zero attached hydrogens (tertiary/aromatic N) is 4. The van der Waals surface area contributed by atoms with E-state index in [0.717, 1.165) is 42.1 Å². The first kappa shape index (κ1) is 19.5. The summed E-state index contributed by atoms with van der Waals surface area (Å²) in [5.74, 6) is 6.16. The number of carbonyl (C=O) groups excluding carboxylic acids is 1. The van der Waals surface area contributed by atoms with Crippen molar-refractivity contribution < 1.29 is 4.79 Å². The van der Waals surface area contributed by atoms with Crippen LogP contribution in [0.3, 0.4) is 0 Å². The quantitative estimate of drug-likeness (QED) is 0.571. The molecule has 0 aromatic carbocycles. The molecule has 0 bridgehead atoms. The molecule has 1 fully saturated rings. The Hall–Kier alpha value is -1.84. The molecule has 0 spiro atoms. The highest BCUT2D eigenvalue weighted by Crippen LogP contribution is 2.31. The third-order valence-electron chi connectivity index (χ3n) is 4.21. The molecular weight excluding hydrogens is 332 g/mol. The van der Waals surface area contributed by atoms with Crippen LogP contribution in [0.25, 0.3) is 0 Å². The second-order valence-corrected chi connectivity index (χ2v) is 6.82. The van der Waals surface area contributed by atoms with Gasteiger partial charge in [-0.3, -0.25) is 9.80 Å². The lowest BCUT2D eigenvalue weighted by Crippen LogP contribution is -2.58. The van der Waals surface area contributed by atoms with Gasteiger partial charge in [0.1, 0.15) is 5.00 Å². The summed E-state index contributed by atoms with van der Waals surface area (Å²) in [7, 11) is 0. The van der Waals surface area contributed by atoms with Crippen molar-refractivity contribution in [2.75, 3.05) is 31.3 Å². The molecule has 6 heteroatoms. The van der Waals surface area contributed by atoms with Gasteiger partial charge < -0.3 is 4.90 Å². The number of hydrogen-bond acceptors (Lipinski definition) is 4. The Morgan fingerprint density at radius 2 is 2.08 bits per heavy atom. The van der Waals surface area contributed by atoms with Gasteiger partial charge in [-0.2, -0.15) is 4.37 Å². The van der Waals surface area contributed by atoms with E-state index in [-0.39, 0.29) is 6.03 Å². The molecule has 0 unspecified atom stereocenters. The summed E-state index contributed by atoms with van der Waals surface area (Å²) in [4.78, 5) is 18.9. The molecule has 136 valence electrons. The van der Waals surface area contributed by atoms with E-state index >= 15 is 0 Å². The second kappa shape index (κ2) is 9.59. The first-order valence-corrected chi connectivity index (χ1v) is 9.70. The SMILES string of the molecule is CC=CCCN1CN(CC#CCC)C(=O)N(c2snc(CC)c2C)C1. The molecule has 2 amide bonds. The molecule has 2 heterocycles. The van der Waals surface area contributed by atoms with Crippen molar-refractivity contribution in [3.05, 3.63) is 23.4 Å². The Morgan fingerprint density at radius 1 is 1.28 bits per heavy atom. The number of anilines is 1. The lowest BCUT2D eigenvalue weighted by molar-refractivity contribution is 0.125. The summed E-state index contributed by atoms with van der Waals surface area (Å²) >= 11 is 1.42. The maximum Gasteiger partial charge on any atom is 0.328 e. The summed E-state index contributed by atoms with van der Waals surface area (Å²) < 4.78 is 4.52. The highest BCUT2D eigenvalue weighted by atomic mass is 32.1. The van der Waals surface area contributed by atoms with Crippen LogP contribution in [0.5, 0.6) is 0 Å². The van der Waals surface area contributed by atoms with E-state index in [9.17, 15) is 4.79 Å². The minimum absolute atomic E-state index is 0.0297. The minimum atomic E-state index is 0.0297. The Morgan fingerprint density at radius 3 is 2.72 bits per heavy atom. The van der Waals surface area contributed by atoms with Crippen LogP contribution in [0, 0.1) is 18.8 Å². The van der Waals surface area contributed by atoms with E-state index < -0.39 is 0 Å². The van der Waals surface area contributed by atoms with Crippen LogP contribution < -0.4 is 4.90 Å². The van der Waals surface area contributed by atoms with Gasteiger partial charge in [0.2, 0.25) is 0 Å². The minimum Gasteiger partial charge on any atom is -0.300 e. The average molecular weight is 361 g/mol. The summed E-state index contributed by atoms with van der Waals surface area (Å²) in [5, 5.41) is 0.964. The van der Waals surface area contributed by atoms with Gasteiger partial charge in [-0.15, -0.1) is 5.92 Å². The zero-order chi connectivity index (χ0) is 18.2. The van der Waals surface area contributed by atoms with E-state index in [1.807, 2.05) is 23.6 Å². The van der Waals surface area contributed by atoms with E-state index in [1.54, 1.807) is 0 Å². The number of allylic oxidation sites excluding steroid dienone is 1. The summed E-state index contributed by atoms with van der Waals surface area (Å²) in [6.45, 7) is 10.8. The number of rotatable bonds is 6. The smallest absolute Gasteiger partial charge is 0.300 e. The predicted molar refractivity (Wildman–Crippen MR) is 105 cm³/mol. The highest BCUT2D eigenvalue weighted by molar-refractivity contribution is 7.10. The molecule has 0 aliphatic carbocycles. The molecule has 25 heavy (non-hydrogen) atoms. The zero-order valence-corrected chi connectivity index (χ0v) is 16.5. The van der Waals surface area contributed by atoms with Crippen LogP contribution >= 0.6 is 11.5 Å². The van der Waals surface area contributed by atoms with Gasteiger partial charge in [-0.05, 0) is 38.2 Å². The van der Waals surface area contributed by atoms with Gasteiger partial charge in [0.15, 0.2) is 0 Å². The summed E-state index contributed by atoms with van der Waals surface area (Å²) in [5.41, 5.74) is 2.20. The fourth-order valence-electron chi connectivity index (χ4n) is 2.83. The normalized spacial score (nSPS) is 15.8. The average Bonchev–Trinajstić information content (AvgIpc) is 2.98. The van der Waals surface area contributed by atoms with Crippen molar-refractivity contribution in [1.29, 1.82) is 0 Å². The molecule has 2 rings (SSSR count). The monoisotopic (exact) mass is 360 g/mol. The van der Waals surface area contributed by atoms with Crippen LogP contribution in [0.1, 0.15) is 44.9 Å². The van der Waals surface area contributed by atoms with Crippen LogP contribution in [0.15, 0.2) is 12.2 Å². The molecule has 1 aliphatic rings. The van der Waals surface area contributed by atoms with Crippen LogP contribution in [-0.4, -0.2) is 46.6 Å². The maximum absolute atomic E-state index is 13.0. The lowest BCUT2D eigenvalue weighted by Gasteiger charge is -2.41. The number of urea groups is 1. The Kier molecular flexibility index (Phi) is 7.48. The summed E-state index contributed by atoms with van der Waals surface area (Å²) in [6, 6.07) is 0.0297. The first-order chi connectivity index (χ1) is 12.1. The van der Waals surface area contributed by atoms with Crippen molar-refractivity contribution in [3.8, 4) is 11.8 Å². The van der Waals surface area contributed by atoms with Crippen molar-refractivity contribution in [2.24, 2.45) is 0 Å². The molecule has 0 radical (unpaired) electrons. The largest absolute Gasteiger partial charge is 0.328 e. The van der Waals surface area contributed by atoms with Crippen LogP contribution in [0.4, 0.5) is 9.80 Å². The third kappa shape index (κ3) is 4.83. The topological polar surface area (TPSA) is 39.7 Å². The highest BCUT2D eigenvalue weighted by Gasteiger charge is 2.32. The standard InChI is InChI=1S/C19H28N4OS/c1-5-8-10-12-21-14-22(13-11-9-6-2)19(24)23(15-21)18-16(4)17(7-3)20-25-18/h5,8H,6-7,10,12-15H2,1-4H3. The van der Waals surface area contributed by atoms with E-state index in [1.165, 1.54) is 11.5 Å². The molecule has 1 aromatic heterocycles. The number of aromatic nitrogens is 1. The fourth-order valence-corrected chi connectivity index (χ4v) is 3.78. The lowest BCUT2D eigenvalue weighted by atomic mass is 10.2. The van der Waals surface area contributed by atoms with E-state index in [2.05, 4.69) is 47.1 Å². The van der Waals surface area contributed by atoms with Crippen LogP contribution in [0.2, 0.25) is 0 Å². The number of hydrogen-bond donors (Lipinski definition) is 0. The molecule has 0 N–H and O–H groups in total. The molecule has 1 saturated heterocycles. The Balaban J connectivity index is 2.22. The van der Waals surface area contributed by atoms with Crippen molar-refractivity contribution in [3.63, 3.8) is 0 Å². The van der Waals surface area contributed by atoms with Gasteiger partial charge in [0, 0.05) is 18.5 Å². The predicted octanol–water partition coefficient (Wildman–Crippen LogP) is 3.85. The summed E-state index contributed by atoms with van der Waals surface area (Å²) in [6.07, 6.45) is 6.91. The van der Waals surface area contributed by atoms with E-state index in [4.69, 9.17) is 0 Å². The van der Waals surface area contributed by atoms with Gasteiger partial charge in [-0.25, -0.2) is 4.79 Å². The fraction of sp³-hybridized carbons (Fsp3) is 0.579. The van der Waals surface area contributed by atoms with Gasteiger partial charge in [0.25, 0.3) is 0 Å². The molecule has 0 atom stereocenters. The Bertz CT molecular complexity index is 671. The second-order valence-electron chi connectivity index (χ2n) is 6.06. The van der Waals surface area contributed by atoms with Crippen molar-refractivity contribution >= 4 is 22.6 Å². The van der Waals surface area contributed by atoms with Crippen molar-refractivity contribution in [2.45, 2.75) is 47.0 Å². The number of aryl methyl sites for hydroxylation is 1. The molecule has 5 nitrogen and oxygen atoms in total. The van der Waals surface area contributed by atoms with Crippen molar-refractivity contribution in [1.82, 2.24) is 14.2 Å². The maximum atomic E-state index is 13.0. The van der Waals surface area contributed by atoms with Gasteiger partial charge in [0.05, 0.1) is 25.6 Å². The van der Waals surface area contributed by atoms with Crippen LogP contribution in [-0.2, 0) is 6.42 Å². The first-order valence-electron chi connectivity index (χ1n) is 8.93. The van der Waals surface area contributed by atoms with E-state index in [0.29, 0.717) is 19.9 Å².